The molecule has 4 aromatic heterocycles. The maximum atomic E-state index is 9.39. The number of nitrogens with zero attached hydrogens (tertiary/aromatic N) is 8. The third kappa shape index (κ3) is 5.14. The van der Waals surface area contributed by atoms with Crippen LogP contribution in [0.4, 0.5) is 11.4 Å². The van der Waals surface area contributed by atoms with Crippen molar-refractivity contribution in [1.82, 2.24) is 39.9 Å². The highest BCUT2D eigenvalue weighted by Gasteiger charge is 2.19. The standard InChI is InChI=1S/C25H25N9O3/c1-14-8-17(29-15(2)28-14)9-16-10-21(19(11-26-16)25-32-31-22(12-35)37-25)30-20-7-5-6-18(23(20)36-4)24-27-13-34(3)33-24/h5-8,10-11,13,35H,9,12H2,1-4H3,(H,26,30). The van der Waals surface area contributed by atoms with Crippen LogP contribution >= 0.6 is 0 Å². The van der Waals surface area contributed by atoms with Crippen molar-refractivity contribution in [2.45, 2.75) is 26.9 Å². The molecule has 0 amide bonds. The Bertz CT molecular complexity index is 1540. The number of hydrogen-bond donors (Lipinski definition) is 2. The number of anilines is 2. The minimum atomic E-state index is -0.360. The monoisotopic (exact) mass is 499 g/mol. The number of ether oxygens (including phenoxy) is 1. The van der Waals surface area contributed by atoms with Crippen molar-refractivity contribution in [3.05, 3.63) is 71.7 Å². The minimum Gasteiger partial charge on any atom is -0.494 e. The van der Waals surface area contributed by atoms with E-state index in [0.717, 1.165) is 22.6 Å². The highest BCUT2D eigenvalue weighted by atomic mass is 16.5. The van der Waals surface area contributed by atoms with Crippen LogP contribution in [0.25, 0.3) is 22.8 Å². The smallest absolute Gasteiger partial charge is 0.251 e. The van der Waals surface area contributed by atoms with E-state index in [1.165, 1.54) is 0 Å². The summed E-state index contributed by atoms with van der Waals surface area (Å²) in [6, 6.07) is 9.51. The zero-order chi connectivity index (χ0) is 25.9. The van der Waals surface area contributed by atoms with Crippen LogP contribution in [0.1, 0.15) is 28.8 Å². The van der Waals surface area contributed by atoms with Gasteiger partial charge in [0, 0.05) is 31.1 Å². The van der Waals surface area contributed by atoms with Crippen molar-refractivity contribution in [1.29, 1.82) is 0 Å². The molecular formula is C25H25N9O3. The van der Waals surface area contributed by atoms with Crippen LogP contribution in [-0.2, 0) is 20.1 Å². The van der Waals surface area contributed by atoms with Crippen LogP contribution in [-0.4, -0.2) is 52.1 Å². The Hall–Kier alpha value is -4.71. The molecule has 0 saturated heterocycles. The lowest BCUT2D eigenvalue weighted by atomic mass is 10.1. The number of aliphatic hydroxyl groups is 1. The minimum absolute atomic E-state index is 0.109. The third-order valence-electron chi connectivity index (χ3n) is 5.50. The van der Waals surface area contributed by atoms with Gasteiger partial charge in [0.25, 0.3) is 5.89 Å². The van der Waals surface area contributed by atoms with Crippen molar-refractivity contribution in [3.63, 3.8) is 0 Å². The first kappa shape index (κ1) is 24.0. The molecule has 0 aliphatic rings. The summed E-state index contributed by atoms with van der Waals surface area (Å²) in [5, 5.41) is 25.2. The van der Waals surface area contributed by atoms with Gasteiger partial charge < -0.3 is 19.6 Å². The Labute approximate surface area is 212 Å². The molecule has 1 aromatic carbocycles. The zero-order valence-electron chi connectivity index (χ0n) is 20.8. The predicted molar refractivity (Wildman–Crippen MR) is 134 cm³/mol. The number of aromatic nitrogens is 8. The van der Waals surface area contributed by atoms with Gasteiger partial charge >= 0.3 is 0 Å². The van der Waals surface area contributed by atoms with Crippen LogP contribution < -0.4 is 10.1 Å². The number of aryl methyl sites for hydroxylation is 3. The Morgan fingerprint density at radius 3 is 2.59 bits per heavy atom. The Kier molecular flexibility index (Phi) is 6.56. The fraction of sp³-hybridized carbons (Fsp3) is 0.240. The van der Waals surface area contributed by atoms with E-state index >= 15 is 0 Å². The molecule has 0 aliphatic carbocycles. The third-order valence-corrected chi connectivity index (χ3v) is 5.50. The number of benzene rings is 1. The SMILES string of the molecule is COc1c(Nc2cc(Cc3cc(C)nc(C)n3)ncc2-c2nnc(CO)o2)cccc1-c1ncn(C)n1. The van der Waals surface area contributed by atoms with Gasteiger partial charge in [0.05, 0.1) is 35.3 Å². The maximum absolute atomic E-state index is 9.39. The second-order valence-corrected chi connectivity index (χ2v) is 8.36. The van der Waals surface area contributed by atoms with Crippen LogP contribution in [0.5, 0.6) is 5.75 Å². The van der Waals surface area contributed by atoms with Crippen molar-refractivity contribution < 1.29 is 14.3 Å². The number of hydrogen-bond acceptors (Lipinski definition) is 11. The number of rotatable bonds is 8. The molecule has 12 nitrogen and oxygen atoms in total. The van der Waals surface area contributed by atoms with Crippen LogP contribution in [0.2, 0.25) is 0 Å². The molecule has 0 fully saturated rings. The van der Waals surface area contributed by atoms with Crippen molar-refractivity contribution in [2.75, 3.05) is 12.4 Å². The van der Waals surface area contributed by atoms with Gasteiger partial charge in [-0.3, -0.25) is 9.67 Å². The Balaban J connectivity index is 1.57. The van der Waals surface area contributed by atoms with E-state index in [1.54, 1.807) is 24.3 Å². The van der Waals surface area contributed by atoms with Gasteiger partial charge in [0.1, 0.15) is 18.8 Å². The first-order valence-corrected chi connectivity index (χ1v) is 11.5. The highest BCUT2D eigenvalue weighted by Crippen LogP contribution is 2.38. The van der Waals surface area contributed by atoms with Gasteiger partial charge in [-0.05, 0) is 38.1 Å². The Morgan fingerprint density at radius 1 is 1.03 bits per heavy atom. The van der Waals surface area contributed by atoms with Gasteiger partial charge in [-0.25, -0.2) is 15.0 Å². The molecule has 5 rings (SSSR count). The molecule has 5 aromatic rings. The summed E-state index contributed by atoms with van der Waals surface area (Å²) in [4.78, 5) is 17.9. The van der Waals surface area contributed by atoms with Gasteiger partial charge in [0.2, 0.25) is 5.89 Å². The quantitative estimate of drug-likeness (QED) is 0.324. The molecular weight excluding hydrogens is 474 g/mol. The molecule has 37 heavy (non-hydrogen) atoms. The maximum Gasteiger partial charge on any atom is 0.251 e. The summed E-state index contributed by atoms with van der Waals surface area (Å²) in [7, 11) is 3.40. The van der Waals surface area contributed by atoms with E-state index < -0.39 is 0 Å². The van der Waals surface area contributed by atoms with Crippen LogP contribution in [0.3, 0.4) is 0 Å². The second-order valence-electron chi connectivity index (χ2n) is 8.36. The number of para-hydroxylation sites is 1. The van der Waals surface area contributed by atoms with E-state index in [9.17, 15) is 5.11 Å². The van der Waals surface area contributed by atoms with Crippen molar-refractivity contribution in [2.24, 2.45) is 7.05 Å². The topological polar surface area (TPSA) is 150 Å². The summed E-state index contributed by atoms with van der Waals surface area (Å²) in [6.45, 7) is 3.44. The fourth-order valence-corrected chi connectivity index (χ4v) is 4.00. The molecule has 0 bridgehead atoms. The number of methoxy groups -OCH3 is 1. The lowest BCUT2D eigenvalue weighted by Crippen LogP contribution is -2.03. The molecule has 2 N–H and O–H groups in total. The molecule has 0 atom stereocenters. The molecule has 0 aliphatic heterocycles. The van der Waals surface area contributed by atoms with Gasteiger partial charge in [-0.2, -0.15) is 5.10 Å². The lowest BCUT2D eigenvalue weighted by molar-refractivity contribution is 0.241. The Morgan fingerprint density at radius 2 is 1.89 bits per heavy atom. The van der Waals surface area contributed by atoms with E-state index in [4.69, 9.17) is 9.15 Å². The molecule has 12 heteroatoms. The second kappa shape index (κ2) is 10.1. The summed E-state index contributed by atoms with van der Waals surface area (Å²) in [5.74, 6) is 2.15. The summed E-state index contributed by atoms with van der Waals surface area (Å²) < 4.78 is 13.0. The molecule has 188 valence electrons. The number of aliphatic hydroxyl groups excluding tert-OH is 1. The number of nitrogens with one attached hydrogen (secondary N) is 1. The summed E-state index contributed by atoms with van der Waals surface area (Å²) in [6.07, 6.45) is 3.79. The van der Waals surface area contributed by atoms with Gasteiger partial charge in [-0.1, -0.05) is 6.07 Å². The summed E-state index contributed by atoms with van der Waals surface area (Å²) in [5.41, 5.74) is 5.16. The summed E-state index contributed by atoms with van der Waals surface area (Å²) >= 11 is 0. The normalized spacial score (nSPS) is 11.1. The molecule has 0 saturated carbocycles. The average molecular weight is 500 g/mol. The van der Waals surface area contributed by atoms with Gasteiger partial charge in [0.15, 0.2) is 11.6 Å². The van der Waals surface area contributed by atoms with E-state index in [2.05, 4.69) is 40.5 Å². The fourth-order valence-electron chi connectivity index (χ4n) is 4.00. The predicted octanol–water partition coefficient (Wildman–Crippen LogP) is 3.17. The van der Waals surface area contributed by atoms with E-state index in [-0.39, 0.29) is 18.4 Å². The molecule has 0 radical (unpaired) electrons. The van der Waals surface area contributed by atoms with E-state index in [0.29, 0.717) is 40.8 Å². The van der Waals surface area contributed by atoms with E-state index in [1.807, 2.05) is 51.2 Å². The molecule has 0 spiro atoms. The largest absolute Gasteiger partial charge is 0.494 e. The average Bonchev–Trinajstić information content (AvgIpc) is 3.52. The zero-order valence-corrected chi connectivity index (χ0v) is 20.8. The molecule has 0 unspecified atom stereocenters. The number of pyridine rings is 1. The first-order valence-electron chi connectivity index (χ1n) is 11.5. The first-order chi connectivity index (χ1) is 17.9. The molecule has 4 heterocycles. The van der Waals surface area contributed by atoms with Crippen molar-refractivity contribution in [3.8, 4) is 28.6 Å². The van der Waals surface area contributed by atoms with Gasteiger partial charge in [-0.15, -0.1) is 10.2 Å². The lowest BCUT2D eigenvalue weighted by Gasteiger charge is -2.16. The van der Waals surface area contributed by atoms with Crippen LogP contribution in [0.15, 0.2) is 47.3 Å². The highest BCUT2D eigenvalue weighted by molar-refractivity contribution is 5.82. The van der Waals surface area contributed by atoms with Crippen molar-refractivity contribution >= 4 is 11.4 Å². The van der Waals surface area contributed by atoms with Crippen LogP contribution in [0, 0.1) is 13.8 Å².